The molecule has 0 radical (unpaired) electrons. The Morgan fingerprint density at radius 3 is 2.00 bits per heavy atom. The van der Waals surface area contributed by atoms with Crippen molar-refractivity contribution in [2.24, 2.45) is 0 Å². The molecule has 1 rings (SSSR count). The minimum absolute atomic E-state index is 0.0924. The Bertz CT molecular complexity index is 477. The largest absolute Gasteiger partial charge is 0.490 e. The fourth-order valence-electron chi connectivity index (χ4n) is 2.12. The van der Waals surface area contributed by atoms with Crippen molar-refractivity contribution in [1.29, 1.82) is 0 Å². The predicted octanol–water partition coefficient (Wildman–Crippen LogP) is 2.65. The number of benzene rings is 1. The average molecular weight is 325 g/mol. The number of carbonyl (C=O) groups is 1. The zero-order valence-corrected chi connectivity index (χ0v) is 14.6. The van der Waals surface area contributed by atoms with E-state index in [4.69, 9.17) is 18.9 Å². The van der Waals surface area contributed by atoms with Crippen LogP contribution >= 0.6 is 0 Å². The van der Waals surface area contributed by atoms with Gasteiger partial charge in [0.2, 0.25) is 5.75 Å². The zero-order chi connectivity index (χ0) is 17.2. The molecule has 0 saturated carbocycles. The van der Waals surface area contributed by atoms with Crippen molar-refractivity contribution in [2.75, 3.05) is 33.5 Å². The van der Waals surface area contributed by atoms with Crippen LogP contribution < -0.4 is 19.5 Å². The van der Waals surface area contributed by atoms with Gasteiger partial charge >= 0.3 is 0 Å². The van der Waals surface area contributed by atoms with Gasteiger partial charge in [-0.15, -0.1) is 0 Å². The lowest BCUT2D eigenvalue weighted by atomic mass is 10.1. The van der Waals surface area contributed by atoms with Crippen LogP contribution in [0.15, 0.2) is 12.1 Å². The molecule has 1 atom stereocenters. The second-order valence-electron chi connectivity index (χ2n) is 4.93. The Morgan fingerprint density at radius 1 is 1.04 bits per heavy atom. The van der Waals surface area contributed by atoms with Gasteiger partial charge < -0.3 is 24.3 Å². The first-order chi connectivity index (χ1) is 11.1. The Labute approximate surface area is 138 Å². The molecule has 130 valence electrons. The van der Waals surface area contributed by atoms with Crippen LogP contribution in [0.2, 0.25) is 0 Å². The molecule has 23 heavy (non-hydrogen) atoms. The third-order valence-electron chi connectivity index (χ3n) is 2.97. The molecule has 1 aromatic carbocycles. The number of amides is 1. The van der Waals surface area contributed by atoms with Gasteiger partial charge in [-0.25, -0.2) is 0 Å². The van der Waals surface area contributed by atoms with Gasteiger partial charge in [0.25, 0.3) is 5.91 Å². The van der Waals surface area contributed by atoms with E-state index in [1.54, 1.807) is 19.2 Å². The standard InChI is InChI=1S/C17H27NO5/c1-6-21-14-9-13(17(19)18-12(4)11-20-5)10-15(22-7-2)16(14)23-8-3/h9-10,12H,6-8,11H2,1-5H3,(H,18,19)/t12-/m1/s1. The Kier molecular flexibility index (Phi) is 8.26. The average Bonchev–Trinajstić information content (AvgIpc) is 2.50. The molecular weight excluding hydrogens is 298 g/mol. The van der Waals surface area contributed by atoms with Crippen LogP contribution in [-0.2, 0) is 4.74 Å². The molecule has 0 saturated heterocycles. The summed E-state index contributed by atoms with van der Waals surface area (Å²) in [6.07, 6.45) is 0. The number of methoxy groups -OCH3 is 1. The maximum Gasteiger partial charge on any atom is 0.251 e. The first-order valence-electron chi connectivity index (χ1n) is 7.93. The van der Waals surface area contributed by atoms with Crippen molar-refractivity contribution in [3.05, 3.63) is 17.7 Å². The summed E-state index contributed by atoms with van der Waals surface area (Å²) in [5, 5.41) is 2.87. The van der Waals surface area contributed by atoms with Crippen LogP contribution in [0.4, 0.5) is 0 Å². The van der Waals surface area contributed by atoms with E-state index in [0.717, 1.165) is 0 Å². The second kappa shape index (κ2) is 9.94. The molecule has 0 aliphatic rings. The highest BCUT2D eigenvalue weighted by atomic mass is 16.5. The smallest absolute Gasteiger partial charge is 0.251 e. The number of nitrogens with one attached hydrogen (secondary N) is 1. The molecule has 6 heteroatoms. The van der Waals surface area contributed by atoms with Crippen LogP contribution in [0, 0.1) is 0 Å². The number of carbonyl (C=O) groups excluding carboxylic acids is 1. The highest BCUT2D eigenvalue weighted by Gasteiger charge is 2.19. The zero-order valence-electron chi connectivity index (χ0n) is 14.6. The molecule has 1 amide bonds. The molecule has 0 bridgehead atoms. The fraction of sp³-hybridized carbons (Fsp3) is 0.588. The molecule has 0 heterocycles. The molecule has 0 fully saturated rings. The van der Waals surface area contributed by atoms with Gasteiger partial charge in [-0.3, -0.25) is 4.79 Å². The Hall–Kier alpha value is -1.95. The lowest BCUT2D eigenvalue weighted by Gasteiger charge is -2.18. The van der Waals surface area contributed by atoms with Gasteiger partial charge in [0.15, 0.2) is 11.5 Å². The molecule has 0 aliphatic heterocycles. The normalized spacial score (nSPS) is 11.7. The second-order valence-corrected chi connectivity index (χ2v) is 4.93. The van der Waals surface area contributed by atoms with E-state index in [0.29, 0.717) is 49.2 Å². The van der Waals surface area contributed by atoms with Crippen molar-refractivity contribution in [2.45, 2.75) is 33.7 Å². The van der Waals surface area contributed by atoms with Gasteiger partial charge in [0.05, 0.1) is 26.4 Å². The molecular formula is C17H27NO5. The number of hydrogen-bond acceptors (Lipinski definition) is 5. The molecule has 0 spiro atoms. The first kappa shape index (κ1) is 19.1. The topological polar surface area (TPSA) is 66.0 Å². The molecule has 0 unspecified atom stereocenters. The Balaban J connectivity index is 3.14. The van der Waals surface area contributed by atoms with Crippen LogP contribution in [0.3, 0.4) is 0 Å². The number of ether oxygens (including phenoxy) is 4. The number of hydrogen-bond donors (Lipinski definition) is 1. The highest BCUT2D eigenvalue weighted by molar-refractivity contribution is 5.95. The minimum atomic E-state index is -0.209. The van der Waals surface area contributed by atoms with E-state index >= 15 is 0 Å². The first-order valence-corrected chi connectivity index (χ1v) is 7.93. The van der Waals surface area contributed by atoms with E-state index in [1.165, 1.54) is 0 Å². The molecule has 0 aromatic heterocycles. The summed E-state index contributed by atoms with van der Waals surface area (Å²) in [4.78, 5) is 12.4. The lowest BCUT2D eigenvalue weighted by Crippen LogP contribution is -2.35. The SMILES string of the molecule is CCOc1cc(C(=O)N[C@H](C)COC)cc(OCC)c1OCC. The van der Waals surface area contributed by atoms with Crippen LogP contribution in [0.5, 0.6) is 17.2 Å². The summed E-state index contributed by atoms with van der Waals surface area (Å²) in [7, 11) is 1.60. The summed E-state index contributed by atoms with van der Waals surface area (Å²) in [5.74, 6) is 1.33. The maximum absolute atomic E-state index is 12.4. The lowest BCUT2D eigenvalue weighted by molar-refractivity contribution is 0.0904. The van der Waals surface area contributed by atoms with Gasteiger partial charge in [-0.2, -0.15) is 0 Å². The molecule has 0 aliphatic carbocycles. The molecule has 1 N–H and O–H groups in total. The third-order valence-corrected chi connectivity index (χ3v) is 2.97. The quantitative estimate of drug-likeness (QED) is 0.716. The summed E-state index contributed by atoms with van der Waals surface area (Å²) < 4.78 is 21.9. The van der Waals surface area contributed by atoms with E-state index in [2.05, 4.69) is 5.32 Å². The molecule has 1 aromatic rings. The van der Waals surface area contributed by atoms with E-state index in [-0.39, 0.29) is 11.9 Å². The van der Waals surface area contributed by atoms with Gasteiger partial charge in [-0.1, -0.05) is 0 Å². The van der Waals surface area contributed by atoms with Crippen LogP contribution in [0.1, 0.15) is 38.1 Å². The van der Waals surface area contributed by atoms with Gasteiger partial charge in [-0.05, 0) is 39.8 Å². The predicted molar refractivity (Wildman–Crippen MR) is 88.8 cm³/mol. The summed E-state index contributed by atoms with van der Waals surface area (Å²) >= 11 is 0. The summed E-state index contributed by atoms with van der Waals surface area (Å²) in [6.45, 7) is 9.39. The Morgan fingerprint density at radius 2 is 1.57 bits per heavy atom. The van der Waals surface area contributed by atoms with Gasteiger partial charge in [0, 0.05) is 18.7 Å². The number of rotatable bonds is 10. The molecule has 6 nitrogen and oxygen atoms in total. The maximum atomic E-state index is 12.4. The van der Waals surface area contributed by atoms with Crippen molar-refractivity contribution in [3.8, 4) is 17.2 Å². The van der Waals surface area contributed by atoms with Crippen molar-refractivity contribution in [1.82, 2.24) is 5.32 Å². The summed E-state index contributed by atoms with van der Waals surface area (Å²) in [6, 6.07) is 3.25. The van der Waals surface area contributed by atoms with Crippen molar-refractivity contribution < 1.29 is 23.7 Å². The van der Waals surface area contributed by atoms with Crippen LogP contribution in [-0.4, -0.2) is 45.5 Å². The fourth-order valence-corrected chi connectivity index (χ4v) is 2.12. The third kappa shape index (κ3) is 5.63. The van der Waals surface area contributed by atoms with Gasteiger partial charge in [0.1, 0.15) is 0 Å². The monoisotopic (exact) mass is 325 g/mol. The van der Waals surface area contributed by atoms with Crippen LogP contribution in [0.25, 0.3) is 0 Å². The van der Waals surface area contributed by atoms with Crippen molar-refractivity contribution >= 4 is 5.91 Å². The minimum Gasteiger partial charge on any atom is -0.490 e. The van der Waals surface area contributed by atoms with E-state index < -0.39 is 0 Å². The van der Waals surface area contributed by atoms with E-state index in [1.807, 2.05) is 27.7 Å². The van der Waals surface area contributed by atoms with Crippen molar-refractivity contribution in [3.63, 3.8) is 0 Å². The van der Waals surface area contributed by atoms with E-state index in [9.17, 15) is 4.79 Å². The summed E-state index contributed by atoms with van der Waals surface area (Å²) in [5.41, 5.74) is 0.461. The highest BCUT2D eigenvalue weighted by Crippen LogP contribution is 2.39.